The van der Waals surface area contributed by atoms with Crippen LogP contribution in [-0.4, -0.2) is 52.7 Å². The molecule has 11 heteroatoms. The van der Waals surface area contributed by atoms with E-state index in [2.05, 4.69) is 15.3 Å². The quantitative estimate of drug-likeness (QED) is 0.409. The molecule has 3 aromatic rings. The Bertz CT molecular complexity index is 1340. The molecule has 1 unspecified atom stereocenters. The number of hydrogen-bond donors (Lipinski definition) is 3. The first kappa shape index (κ1) is 26.5. The number of methoxy groups -OCH3 is 2. The highest BCUT2D eigenvalue weighted by atomic mass is 16.6. The molecule has 0 spiro atoms. The number of amides is 2. The molecule has 1 fully saturated rings. The van der Waals surface area contributed by atoms with Gasteiger partial charge >= 0.3 is 6.09 Å². The molecule has 1 aliphatic rings. The molecule has 11 nitrogen and oxygen atoms in total. The van der Waals surface area contributed by atoms with Gasteiger partial charge in [0.25, 0.3) is 11.5 Å². The van der Waals surface area contributed by atoms with Crippen LogP contribution in [0.2, 0.25) is 0 Å². The topological polar surface area (TPSA) is 143 Å². The Hall–Kier alpha value is -4.54. The van der Waals surface area contributed by atoms with Gasteiger partial charge in [-0.3, -0.25) is 14.5 Å². The van der Waals surface area contributed by atoms with Gasteiger partial charge in [0.2, 0.25) is 5.75 Å². The number of hydrogen-bond acceptors (Lipinski definition) is 8. The molecule has 4 rings (SSSR count). The van der Waals surface area contributed by atoms with Crippen LogP contribution in [0.4, 0.5) is 4.79 Å². The Kier molecular flexibility index (Phi) is 8.47. The Morgan fingerprint density at radius 3 is 2.63 bits per heavy atom. The molecule has 0 aliphatic carbocycles. The van der Waals surface area contributed by atoms with Crippen LogP contribution in [-0.2, 0) is 17.9 Å². The molecule has 38 heavy (non-hydrogen) atoms. The van der Waals surface area contributed by atoms with Gasteiger partial charge in [0.15, 0.2) is 17.2 Å². The van der Waals surface area contributed by atoms with Crippen LogP contribution >= 0.6 is 0 Å². The molecule has 1 aliphatic heterocycles. The number of likely N-dealkylation sites (tertiary alicyclic amines) is 1. The van der Waals surface area contributed by atoms with Gasteiger partial charge in [-0.15, -0.1) is 0 Å². The van der Waals surface area contributed by atoms with Crippen molar-refractivity contribution in [1.82, 2.24) is 20.2 Å². The van der Waals surface area contributed by atoms with E-state index in [0.717, 1.165) is 18.4 Å². The first-order chi connectivity index (χ1) is 18.4. The number of piperidine rings is 1. The standard InChI is InChI=1S/C27H30N4O7/c1-36-20-13-8-11-18(23(20)37-2)15-28-25(33)21-22(32)26(34)30-24(29-21)19-12-6-7-14-31(19)27(35)38-16-17-9-4-3-5-10-17/h3-5,8-11,13,19,32H,6-7,12,14-16H2,1-2H3,(H,28,33)(H,29,30,34). The van der Waals surface area contributed by atoms with Crippen LogP contribution in [0.1, 0.15) is 52.7 Å². The van der Waals surface area contributed by atoms with Crippen molar-refractivity contribution in [3.63, 3.8) is 0 Å². The number of rotatable bonds is 8. The van der Waals surface area contributed by atoms with Crippen molar-refractivity contribution >= 4 is 12.0 Å². The second-order valence-electron chi connectivity index (χ2n) is 8.73. The van der Waals surface area contributed by atoms with Gasteiger partial charge < -0.3 is 29.6 Å². The lowest BCUT2D eigenvalue weighted by molar-refractivity contribution is 0.0656. The van der Waals surface area contributed by atoms with Crippen LogP contribution < -0.4 is 20.3 Å². The number of H-pyrrole nitrogens is 1. The zero-order chi connectivity index (χ0) is 27.1. The van der Waals surface area contributed by atoms with Gasteiger partial charge in [0.1, 0.15) is 12.4 Å². The van der Waals surface area contributed by atoms with E-state index >= 15 is 0 Å². The fourth-order valence-corrected chi connectivity index (χ4v) is 4.39. The van der Waals surface area contributed by atoms with Gasteiger partial charge in [0.05, 0.1) is 20.3 Å². The van der Waals surface area contributed by atoms with Crippen molar-refractivity contribution < 1.29 is 28.9 Å². The number of benzene rings is 2. The smallest absolute Gasteiger partial charge is 0.410 e. The molecule has 1 atom stereocenters. The summed E-state index contributed by atoms with van der Waals surface area (Å²) in [5.74, 6) is -0.513. The van der Waals surface area contributed by atoms with Crippen LogP contribution in [0.3, 0.4) is 0 Å². The van der Waals surface area contributed by atoms with Crippen molar-refractivity contribution in [2.75, 3.05) is 20.8 Å². The minimum atomic E-state index is -0.873. The molecule has 1 aromatic heterocycles. The maximum absolute atomic E-state index is 13.0. The van der Waals surface area contributed by atoms with E-state index in [4.69, 9.17) is 14.2 Å². The number of aromatic hydroxyl groups is 1. The second-order valence-corrected chi connectivity index (χ2v) is 8.73. The Balaban J connectivity index is 1.53. The number of carbonyl (C=O) groups is 2. The van der Waals surface area contributed by atoms with E-state index < -0.39 is 35.0 Å². The minimum Gasteiger partial charge on any atom is -0.501 e. The Morgan fingerprint density at radius 1 is 1.11 bits per heavy atom. The molecule has 200 valence electrons. The van der Waals surface area contributed by atoms with Crippen molar-refractivity contribution in [2.45, 2.75) is 38.5 Å². The Labute approximate surface area is 219 Å². The number of nitrogens with one attached hydrogen (secondary N) is 2. The molecular formula is C27H30N4O7. The average Bonchev–Trinajstić information content (AvgIpc) is 2.96. The molecule has 2 heterocycles. The number of ether oxygens (including phenoxy) is 3. The summed E-state index contributed by atoms with van der Waals surface area (Å²) in [4.78, 5) is 46.8. The highest BCUT2D eigenvalue weighted by Gasteiger charge is 2.32. The number of aromatic amines is 1. The van der Waals surface area contributed by atoms with E-state index in [1.807, 2.05) is 30.3 Å². The normalized spacial score (nSPS) is 15.0. The lowest BCUT2D eigenvalue weighted by Gasteiger charge is -2.34. The molecule has 1 saturated heterocycles. The monoisotopic (exact) mass is 522 g/mol. The third kappa shape index (κ3) is 5.88. The molecule has 0 saturated carbocycles. The van der Waals surface area contributed by atoms with Crippen LogP contribution in [0.15, 0.2) is 53.3 Å². The fraction of sp³-hybridized carbons (Fsp3) is 0.333. The third-order valence-corrected chi connectivity index (χ3v) is 6.31. The Morgan fingerprint density at radius 2 is 1.89 bits per heavy atom. The lowest BCUT2D eigenvalue weighted by Crippen LogP contribution is -2.40. The zero-order valence-corrected chi connectivity index (χ0v) is 21.2. The van der Waals surface area contributed by atoms with Gasteiger partial charge in [-0.2, -0.15) is 0 Å². The highest BCUT2D eigenvalue weighted by Crippen LogP contribution is 2.31. The van der Waals surface area contributed by atoms with E-state index in [0.29, 0.717) is 30.0 Å². The summed E-state index contributed by atoms with van der Waals surface area (Å²) in [7, 11) is 2.99. The largest absolute Gasteiger partial charge is 0.501 e. The van der Waals surface area contributed by atoms with Crippen LogP contribution in [0.5, 0.6) is 17.2 Å². The summed E-state index contributed by atoms with van der Waals surface area (Å²) in [5, 5.41) is 13.0. The second kappa shape index (κ2) is 12.1. The van der Waals surface area contributed by atoms with Gasteiger partial charge in [-0.1, -0.05) is 42.5 Å². The number of aromatic nitrogens is 2. The summed E-state index contributed by atoms with van der Waals surface area (Å²) >= 11 is 0. The van der Waals surface area contributed by atoms with Gasteiger partial charge in [-0.05, 0) is 30.9 Å². The van der Waals surface area contributed by atoms with Crippen LogP contribution in [0.25, 0.3) is 0 Å². The lowest BCUT2D eigenvalue weighted by atomic mass is 10.0. The molecular weight excluding hydrogens is 492 g/mol. The summed E-state index contributed by atoms with van der Waals surface area (Å²) in [6, 6.07) is 13.9. The molecule has 0 bridgehead atoms. The van der Waals surface area contributed by atoms with Crippen molar-refractivity contribution in [1.29, 1.82) is 0 Å². The van der Waals surface area contributed by atoms with E-state index in [1.54, 1.807) is 18.2 Å². The fourth-order valence-electron chi connectivity index (χ4n) is 4.39. The van der Waals surface area contributed by atoms with E-state index in [9.17, 15) is 19.5 Å². The maximum atomic E-state index is 13.0. The highest BCUT2D eigenvalue weighted by molar-refractivity contribution is 5.94. The van der Waals surface area contributed by atoms with E-state index in [-0.39, 0.29) is 19.0 Å². The van der Waals surface area contributed by atoms with Crippen molar-refractivity contribution in [2.24, 2.45) is 0 Å². The summed E-state index contributed by atoms with van der Waals surface area (Å²) in [6.07, 6.45) is 1.51. The predicted octanol–water partition coefficient (Wildman–Crippen LogP) is 3.29. The molecule has 2 aromatic carbocycles. The first-order valence-electron chi connectivity index (χ1n) is 12.2. The first-order valence-corrected chi connectivity index (χ1v) is 12.2. The molecule has 3 N–H and O–H groups in total. The number of para-hydroxylation sites is 1. The van der Waals surface area contributed by atoms with Crippen molar-refractivity contribution in [3.8, 4) is 17.2 Å². The average molecular weight is 523 g/mol. The third-order valence-electron chi connectivity index (χ3n) is 6.31. The number of carbonyl (C=O) groups excluding carboxylic acids is 2. The number of nitrogens with zero attached hydrogens (tertiary/aromatic N) is 2. The molecule has 2 amide bonds. The van der Waals surface area contributed by atoms with Gasteiger partial charge in [0, 0.05) is 18.7 Å². The van der Waals surface area contributed by atoms with Gasteiger partial charge in [-0.25, -0.2) is 9.78 Å². The predicted molar refractivity (Wildman–Crippen MR) is 137 cm³/mol. The summed E-state index contributed by atoms with van der Waals surface area (Å²) in [5.41, 5.74) is 0.164. The minimum absolute atomic E-state index is 0.0316. The summed E-state index contributed by atoms with van der Waals surface area (Å²) in [6.45, 7) is 0.535. The van der Waals surface area contributed by atoms with Crippen LogP contribution in [0, 0.1) is 0 Å². The van der Waals surface area contributed by atoms with Crippen molar-refractivity contribution in [3.05, 3.63) is 81.5 Å². The SMILES string of the molecule is COc1cccc(CNC(=O)c2nc(C3CCCCN3C(=O)OCc3ccccc3)[nH]c(=O)c2O)c1OC. The maximum Gasteiger partial charge on any atom is 0.410 e. The summed E-state index contributed by atoms with van der Waals surface area (Å²) < 4.78 is 16.2. The molecule has 0 radical (unpaired) electrons. The zero-order valence-electron chi connectivity index (χ0n) is 21.2. The van der Waals surface area contributed by atoms with E-state index in [1.165, 1.54) is 19.1 Å².